The summed E-state index contributed by atoms with van der Waals surface area (Å²) >= 11 is 0. The zero-order valence-corrected chi connectivity index (χ0v) is 15.6. The van der Waals surface area contributed by atoms with Gasteiger partial charge in [0.2, 0.25) is 11.8 Å². The van der Waals surface area contributed by atoms with Crippen LogP contribution >= 0.6 is 0 Å². The van der Waals surface area contributed by atoms with Crippen molar-refractivity contribution in [1.82, 2.24) is 15.6 Å². The fraction of sp³-hybridized carbons (Fsp3) is 0.350. The molecule has 0 spiro atoms. The summed E-state index contributed by atoms with van der Waals surface area (Å²) in [6.07, 6.45) is 1.64. The molecular weight excluding hydrogens is 330 g/mol. The lowest BCUT2D eigenvalue weighted by atomic mass is 10.1. The van der Waals surface area contributed by atoms with Gasteiger partial charge in [-0.1, -0.05) is 23.8 Å². The molecule has 1 heterocycles. The Hall–Kier alpha value is -2.89. The molecule has 0 radical (unpaired) electrons. The van der Waals surface area contributed by atoms with E-state index in [1.54, 1.807) is 31.3 Å². The molecule has 1 unspecified atom stereocenters. The molecule has 2 amide bonds. The Morgan fingerprint density at radius 1 is 1.15 bits per heavy atom. The monoisotopic (exact) mass is 355 g/mol. The summed E-state index contributed by atoms with van der Waals surface area (Å²) in [6.45, 7) is 7.68. The molecular formula is C20H25N3O3. The van der Waals surface area contributed by atoms with Crippen molar-refractivity contribution in [2.45, 2.75) is 46.4 Å². The van der Waals surface area contributed by atoms with Crippen LogP contribution < -0.4 is 15.4 Å². The molecule has 2 aromatic rings. The van der Waals surface area contributed by atoms with Crippen molar-refractivity contribution < 1.29 is 14.3 Å². The van der Waals surface area contributed by atoms with Crippen molar-refractivity contribution in [3.63, 3.8) is 0 Å². The Morgan fingerprint density at radius 2 is 1.92 bits per heavy atom. The van der Waals surface area contributed by atoms with E-state index in [2.05, 4.69) is 15.6 Å². The highest BCUT2D eigenvalue weighted by Gasteiger charge is 2.17. The van der Waals surface area contributed by atoms with Gasteiger partial charge >= 0.3 is 0 Å². The summed E-state index contributed by atoms with van der Waals surface area (Å²) in [7, 11) is 0. The highest BCUT2D eigenvalue weighted by atomic mass is 16.5. The highest BCUT2D eigenvalue weighted by Crippen LogP contribution is 2.15. The van der Waals surface area contributed by atoms with Crippen LogP contribution in [-0.2, 0) is 11.3 Å². The zero-order chi connectivity index (χ0) is 19.1. The Labute approximate surface area is 154 Å². The van der Waals surface area contributed by atoms with E-state index in [1.807, 2.05) is 39.0 Å². The molecule has 6 nitrogen and oxygen atoms in total. The lowest BCUT2D eigenvalue weighted by Gasteiger charge is -2.16. The fourth-order valence-corrected chi connectivity index (χ4v) is 2.36. The Kier molecular flexibility index (Phi) is 6.72. The predicted molar refractivity (Wildman–Crippen MR) is 100.0 cm³/mol. The average Bonchev–Trinajstić information content (AvgIpc) is 2.60. The third kappa shape index (κ3) is 5.58. The van der Waals surface area contributed by atoms with Crippen LogP contribution in [0.2, 0.25) is 0 Å². The minimum Gasteiger partial charge on any atom is -0.475 e. The van der Waals surface area contributed by atoms with E-state index in [1.165, 1.54) is 0 Å². The summed E-state index contributed by atoms with van der Waals surface area (Å²) in [5.74, 6) is -0.0499. The molecule has 1 aromatic heterocycles. The number of rotatable bonds is 7. The Balaban J connectivity index is 1.92. The van der Waals surface area contributed by atoms with E-state index in [0.717, 1.165) is 11.1 Å². The Morgan fingerprint density at radius 3 is 2.62 bits per heavy atom. The number of benzene rings is 1. The van der Waals surface area contributed by atoms with E-state index in [0.29, 0.717) is 11.4 Å². The van der Waals surface area contributed by atoms with Gasteiger partial charge < -0.3 is 15.4 Å². The average molecular weight is 355 g/mol. The minimum absolute atomic E-state index is 0.00751. The van der Waals surface area contributed by atoms with E-state index >= 15 is 0 Å². The molecule has 1 atom stereocenters. The van der Waals surface area contributed by atoms with Crippen LogP contribution in [-0.4, -0.2) is 28.9 Å². The number of pyridine rings is 1. The maximum Gasteiger partial charge on any atom is 0.251 e. The standard InChI is InChI=1S/C20H25N3O3/c1-13(2)26-20-17(9-6-10-21-20)12-22-18(24)15(4)23-19(25)16-8-5-7-14(3)11-16/h5-11,13,15H,12H2,1-4H3,(H,22,24)(H,23,25). The first-order valence-corrected chi connectivity index (χ1v) is 8.62. The van der Waals surface area contributed by atoms with E-state index in [4.69, 9.17) is 4.74 Å². The van der Waals surface area contributed by atoms with Gasteiger partial charge in [-0.05, 0) is 45.9 Å². The lowest BCUT2D eigenvalue weighted by molar-refractivity contribution is -0.122. The summed E-state index contributed by atoms with van der Waals surface area (Å²) in [6, 6.07) is 10.2. The first kappa shape index (κ1) is 19.4. The second-order valence-electron chi connectivity index (χ2n) is 6.42. The number of ether oxygens (including phenoxy) is 1. The molecule has 26 heavy (non-hydrogen) atoms. The van der Waals surface area contributed by atoms with Crippen molar-refractivity contribution >= 4 is 11.8 Å². The first-order chi connectivity index (χ1) is 12.4. The molecule has 0 fully saturated rings. The van der Waals surface area contributed by atoms with Crippen molar-refractivity contribution in [2.24, 2.45) is 0 Å². The van der Waals surface area contributed by atoms with Crippen LogP contribution in [0.3, 0.4) is 0 Å². The summed E-state index contributed by atoms with van der Waals surface area (Å²) in [4.78, 5) is 28.7. The van der Waals surface area contributed by atoms with E-state index in [9.17, 15) is 9.59 Å². The van der Waals surface area contributed by atoms with E-state index in [-0.39, 0.29) is 24.5 Å². The van der Waals surface area contributed by atoms with Crippen molar-refractivity contribution in [3.8, 4) is 5.88 Å². The summed E-state index contributed by atoms with van der Waals surface area (Å²) < 4.78 is 5.64. The predicted octanol–water partition coefficient (Wildman–Crippen LogP) is 2.61. The number of nitrogens with one attached hydrogen (secondary N) is 2. The Bertz CT molecular complexity index is 774. The number of carbonyl (C=O) groups is 2. The van der Waals surface area contributed by atoms with Crippen LogP contribution in [0.25, 0.3) is 0 Å². The number of nitrogens with zero attached hydrogens (tertiary/aromatic N) is 1. The van der Waals surface area contributed by atoms with Crippen molar-refractivity contribution in [3.05, 3.63) is 59.3 Å². The number of carbonyl (C=O) groups excluding carboxylic acids is 2. The lowest BCUT2D eigenvalue weighted by Crippen LogP contribution is -2.44. The second-order valence-corrected chi connectivity index (χ2v) is 6.42. The maximum absolute atomic E-state index is 12.3. The van der Waals surface area contributed by atoms with E-state index < -0.39 is 6.04 Å². The molecule has 2 rings (SSSR count). The number of aromatic nitrogens is 1. The first-order valence-electron chi connectivity index (χ1n) is 8.62. The SMILES string of the molecule is Cc1cccc(C(=O)NC(C)C(=O)NCc2cccnc2OC(C)C)c1. The zero-order valence-electron chi connectivity index (χ0n) is 15.6. The van der Waals surface area contributed by atoms with Crippen LogP contribution in [0.15, 0.2) is 42.6 Å². The van der Waals surface area contributed by atoms with Gasteiger partial charge in [0.15, 0.2) is 0 Å². The molecule has 0 bridgehead atoms. The third-order valence-corrected chi connectivity index (χ3v) is 3.67. The summed E-state index contributed by atoms with van der Waals surface area (Å²) in [5, 5.41) is 5.52. The minimum atomic E-state index is -0.658. The summed E-state index contributed by atoms with van der Waals surface area (Å²) in [5.41, 5.74) is 2.31. The number of hydrogen-bond acceptors (Lipinski definition) is 4. The second kappa shape index (κ2) is 8.99. The van der Waals surface area contributed by atoms with Crippen LogP contribution in [0.5, 0.6) is 5.88 Å². The van der Waals surface area contributed by atoms with Crippen molar-refractivity contribution in [1.29, 1.82) is 0 Å². The van der Waals surface area contributed by atoms with Gasteiger partial charge in [-0.25, -0.2) is 4.98 Å². The van der Waals surface area contributed by atoms with Gasteiger partial charge in [-0.2, -0.15) is 0 Å². The maximum atomic E-state index is 12.3. The van der Waals surface area contributed by atoms with Crippen LogP contribution in [0.1, 0.15) is 42.3 Å². The topological polar surface area (TPSA) is 80.3 Å². The smallest absolute Gasteiger partial charge is 0.251 e. The molecule has 0 aliphatic rings. The van der Waals surface area contributed by atoms with Gasteiger partial charge in [0, 0.05) is 23.9 Å². The number of aryl methyl sites for hydroxylation is 1. The van der Waals surface area contributed by atoms with Gasteiger partial charge in [-0.3, -0.25) is 9.59 Å². The van der Waals surface area contributed by atoms with Gasteiger partial charge in [0.1, 0.15) is 6.04 Å². The molecule has 0 saturated carbocycles. The molecule has 0 aliphatic heterocycles. The highest BCUT2D eigenvalue weighted by molar-refractivity contribution is 5.97. The van der Waals surface area contributed by atoms with Gasteiger partial charge in [-0.15, -0.1) is 0 Å². The largest absolute Gasteiger partial charge is 0.475 e. The molecule has 0 saturated heterocycles. The van der Waals surface area contributed by atoms with Crippen LogP contribution in [0.4, 0.5) is 0 Å². The molecule has 138 valence electrons. The van der Waals surface area contributed by atoms with Gasteiger partial charge in [0.05, 0.1) is 6.10 Å². The number of hydrogen-bond donors (Lipinski definition) is 2. The fourth-order valence-electron chi connectivity index (χ4n) is 2.36. The molecule has 2 N–H and O–H groups in total. The number of amides is 2. The van der Waals surface area contributed by atoms with Gasteiger partial charge in [0.25, 0.3) is 5.91 Å². The normalized spacial score (nSPS) is 11.7. The third-order valence-electron chi connectivity index (χ3n) is 3.67. The molecule has 0 aliphatic carbocycles. The molecule has 6 heteroatoms. The van der Waals surface area contributed by atoms with Crippen LogP contribution in [0, 0.1) is 6.92 Å². The quantitative estimate of drug-likeness (QED) is 0.800. The molecule has 1 aromatic carbocycles. The van der Waals surface area contributed by atoms with Crippen molar-refractivity contribution in [2.75, 3.05) is 0 Å².